The Morgan fingerprint density at radius 3 is 2.27 bits per heavy atom. The van der Waals surface area contributed by atoms with Crippen molar-refractivity contribution in [3.63, 3.8) is 0 Å². The molecule has 112 valence electrons. The van der Waals surface area contributed by atoms with Crippen molar-refractivity contribution in [3.8, 4) is 17.2 Å². The molecule has 1 heteroatoms. The van der Waals surface area contributed by atoms with Crippen LogP contribution in [0.1, 0.15) is 56.1 Å². The molecule has 1 saturated carbocycles. The maximum atomic E-state index is 8.96. The highest BCUT2D eigenvalue weighted by Gasteiger charge is 2.23. The van der Waals surface area contributed by atoms with Gasteiger partial charge < -0.3 is 0 Å². The first-order valence-electron chi connectivity index (χ1n) is 8.41. The first-order valence-corrected chi connectivity index (χ1v) is 8.41. The second-order valence-electron chi connectivity index (χ2n) is 6.40. The van der Waals surface area contributed by atoms with Gasteiger partial charge in [-0.1, -0.05) is 49.7 Å². The number of rotatable bonds is 3. The number of nitriles is 1. The summed E-state index contributed by atoms with van der Waals surface area (Å²) in [6.45, 7) is 2.32. The molecular formula is C21H23N. The van der Waals surface area contributed by atoms with Crippen molar-refractivity contribution in [1.82, 2.24) is 0 Å². The van der Waals surface area contributed by atoms with E-state index in [9.17, 15) is 0 Å². The van der Waals surface area contributed by atoms with E-state index in [1.165, 1.54) is 48.8 Å². The average Bonchev–Trinajstić information content (AvgIpc) is 2.62. The fraction of sp³-hybridized carbons (Fsp3) is 0.381. The van der Waals surface area contributed by atoms with Crippen LogP contribution in [0, 0.1) is 17.2 Å². The van der Waals surface area contributed by atoms with Gasteiger partial charge in [-0.25, -0.2) is 0 Å². The Bertz CT molecular complexity index is 655. The highest BCUT2D eigenvalue weighted by molar-refractivity contribution is 5.68. The molecule has 1 aliphatic rings. The quantitative estimate of drug-likeness (QED) is 0.689. The fourth-order valence-corrected chi connectivity index (χ4v) is 3.72. The van der Waals surface area contributed by atoms with Crippen molar-refractivity contribution in [2.45, 2.75) is 44.9 Å². The van der Waals surface area contributed by atoms with Crippen LogP contribution < -0.4 is 0 Å². The molecule has 1 fully saturated rings. The molecule has 0 atom stereocenters. The number of benzene rings is 2. The van der Waals surface area contributed by atoms with Crippen LogP contribution in [0.4, 0.5) is 0 Å². The largest absolute Gasteiger partial charge is 0.192 e. The van der Waals surface area contributed by atoms with Crippen LogP contribution >= 0.6 is 0 Å². The fourth-order valence-electron chi connectivity index (χ4n) is 3.72. The molecule has 1 nitrogen and oxygen atoms in total. The van der Waals surface area contributed by atoms with Crippen LogP contribution in [0.5, 0.6) is 0 Å². The SMILES string of the molecule is CCC1CCC(c2ccccc2-c2ccc(C#N)cc2)CC1. The summed E-state index contributed by atoms with van der Waals surface area (Å²) in [7, 11) is 0. The Kier molecular flexibility index (Phi) is 4.59. The van der Waals surface area contributed by atoms with Gasteiger partial charge in [-0.15, -0.1) is 0 Å². The monoisotopic (exact) mass is 289 g/mol. The lowest BCUT2D eigenvalue weighted by Crippen LogP contribution is -2.13. The summed E-state index contributed by atoms with van der Waals surface area (Å²) in [6.07, 6.45) is 6.67. The van der Waals surface area contributed by atoms with E-state index in [1.807, 2.05) is 12.1 Å². The first kappa shape index (κ1) is 14.9. The van der Waals surface area contributed by atoms with Crippen molar-refractivity contribution >= 4 is 0 Å². The molecule has 2 aromatic rings. The minimum Gasteiger partial charge on any atom is -0.192 e. The smallest absolute Gasteiger partial charge is 0.0991 e. The van der Waals surface area contributed by atoms with Crippen LogP contribution in [0.2, 0.25) is 0 Å². The molecule has 0 saturated heterocycles. The normalized spacial score (nSPS) is 21.3. The summed E-state index contributed by atoms with van der Waals surface area (Å²) in [5.41, 5.74) is 4.78. The minimum absolute atomic E-state index is 0.689. The highest BCUT2D eigenvalue weighted by atomic mass is 14.3. The molecule has 0 amide bonds. The van der Waals surface area contributed by atoms with Crippen LogP contribution in [0.3, 0.4) is 0 Å². The van der Waals surface area contributed by atoms with E-state index < -0.39 is 0 Å². The van der Waals surface area contributed by atoms with Gasteiger partial charge in [0, 0.05) is 0 Å². The van der Waals surface area contributed by atoms with Crippen molar-refractivity contribution < 1.29 is 0 Å². The minimum atomic E-state index is 0.689. The Balaban J connectivity index is 1.88. The molecule has 0 aliphatic heterocycles. The summed E-state index contributed by atoms with van der Waals surface area (Å²) >= 11 is 0. The lowest BCUT2D eigenvalue weighted by Gasteiger charge is -2.29. The van der Waals surface area contributed by atoms with E-state index in [0.717, 1.165) is 11.5 Å². The van der Waals surface area contributed by atoms with Gasteiger partial charge in [0.1, 0.15) is 0 Å². The van der Waals surface area contributed by atoms with Gasteiger partial charge >= 0.3 is 0 Å². The topological polar surface area (TPSA) is 23.8 Å². The Morgan fingerprint density at radius 1 is 0.955 bits per heavy atom. The van der Waals surface area contributed by atoms with Crippen molar-refractivity contribution in [2.75, 3.05) is 0 Å². The maximum Gasteiger partial charge on any atom is 0.0991 e. The lowest BCUT2D eigenvalue weighted by molar-refractivity contribution is 0.319. The molecule has 0 radical (unpaired) electrons. The molecule has 2 aromatic carbocycles. The third kappa shape index (κ3) is 3.07. The zero-order chi connectivity index (χ0) is 15.4. The third-order valence-corrected chi connectivity index (χ3v) is 5.15. The van der Waals surface area contributed by atoms with Gasteiger partial charge in [0.2, 0.25) is 0 Å². The molecule has 0 spiro atoms. The van der Waals surface area contributed by atoms with E-state index in [0.29, 0.717) is 5.92 Å². The zero-order valence-electron chi connectivity index (χ0n) is 13.3. The first-order chi connectivity index (χ1) is 10.8. The Morgan fingerprint density at radius 2 is 1.64 bits per heavy atom. The Hall–Kier alpha value is -2.07. The lowest BCUT2D eigenvalue weighted by atomic mass is 9.76. The second-order valence-corrected chi connectivity index (χ2v) is 6.40. The number of hydrogen-bond donors (Lipinski definition) is 0. The second kappa shape index (κ2) is 6.79. The molecule has 0 heterocycles. The van der Waals surface area contributed by atoms with Crippen LogP contribution in [-0.2, 0) is 0 Å². The predicted octanol–water partition coefficient (Wildman–Crippen LogP) is 5.91. The summed E-state index contributed by atoms with van der Waals surface area (Å²) < 4.78 is 0. The van der Waals surface area contributed by atoms with E-state index in [1.54, 1.807) is 0 Å². The third-order valence-electron chi connectivity index (χ3n) is 5.15. The average molecular weight is 289 g/mol. The van der Waals surface area contributed by atoms with E-state index >= 15 is 0 Å². The summed E-state index contributed by atoms with van der Waals surface area (Å²) in [6, 6.07) is 19.0. The number of hydrogen-bond acceptors (Lipinski definition) is 1. The van der Waals surface area contributed by atoms with Gasteiger partial charge in [0.05, 0.1) is 11.6 Å². The van der Waals surface area contributed by atoms with E-state index in [4.69, 9.17) is 5.26 Å². The van der Waals surface area contributed by atoms with Gasteiger partial charge in [0.15, 0.2) is 0 Å². The molecule has 0 unspecified atom stereocenters. The van der Waals surface area contributed by atoms with Crippen molar-refractivity contribution in [2.24, 2.45) is 5.92 Å². The van der Waals surface area contributed by atoms with Gasteiger partial charge in [0.25, 0.3) is 0 Å². The molecule has 0 aromatic heterocycles. The molecular weight excluding hydrogens is 266 g/mol. The van der Waals surface area contributed by atoms with E-state index in [2.05, 4.69) is 49.4 Å². The molecule has 0 bridgehead atoms. The highest BCUT2D eigenvalue weighted by Crippen LogP contribution is 2.40. The van der Waals surface area contributed by atoms with Crippen molar-refractivity contribution in [1.29, 1.82) is 5.26 Å². The zero-order valence-corrected chi connectivity index (χ0v) is 13.3. The van der Waals surface area contributed by atoms with Crippen LogP contribution in [0.15, 0.2) is 48.5 Å². The summed E-state index contributed by atoms with van der Waals surface area (Å²) in [5, 5.41) is 8.96. The standard InChI is InChI=1S/C21H23N/c1-2-16-7-11-18(12-8-16)20-5-3-4-6-21(20)19-13-9-17(15-22)10-14-19/h3-6,9-10,13-14,16,18H,2,7-8,11-12H2,1H3. The maximum absolute atomic E-state index is 8.96. The van der Waals surface area contributed by atoms with Gasteiger partial charge in [-0.05, 0) is 66.3 Å². The molecule has 0 N–H and O–H groups in total. The van der Waals surface area contributed by atoms with Gasteiger partial charge in [-0.3, -0.25) is 0 Å². The summed E-state index contributed by atoms with van der Waals surface area (Å²) in [4.78, 5) is 0. The predicted molar refractivity (Wildman–Crippen MR) is 91.6 cm³/mol. The van der Waals surface area contributed by atoms with Crippen LogP contribution in [-0.4, -0.2) is 0 Å². The molecule has 22 heavy (non-hydrogen) atoms. The van der Waals surface area contributed by atoms with Crippen molar-refractivity contribution in [3.05, 3.63) is 59.7 Å². The molecule has 1 aliphatic carbocycles. The van der Waals surface area contributed by atoms with Gasteiger partial charge in [-0.2, -0.15) is 5.26 Å². The summed E-state index contributed by atoms with van der Waals surface area (Å²) in [5.74, 6) is 1.62. The molecule has 3 rings (SSSR count). The Labute approximate surface area is 133 Å². The number of nitrogens with zero attached hydrogens (tertiary/aromatic N) is 1. The van der Waals surface area contributed by atoms with Crippen LogP contribution in [0.25, 0.3) is 11.1 Å². The van der Waals surface area contributed by atoms with E-state index in [-0.39, 0.29) is 0 Å².